The van der Waals surface area contributed by atoms with Crippen LogP contribution in [-0.4, -0.2) is 29.5 Å². The molecular formula is C55H32N6O2. The number of fused-ring (bicyclic) bond motifs is 9. The lowest BCUT2D eigenvalue weighted by molar-refractivity contribution is 0.667. The first kappa shape index (κ1) is 35.0. The minimum absolute atomic E-state index is 0.514. The summed E-state index contributed by atoms with van der Waals surface area (Å²) in [4.78, 5) is 25.7. The SMILES string of the molecule is c1ccc(-c2nc(-c3ccc4c5ccccc5n(-c5ccccc5)c4c3)nc(-c3cccc4c3oc3cc(-c5nc(-c6ccccc6)c6oc7ccccc7c6n5)ccc34)n2)cc1. The molecule has 5 heterocycles. The smallest absolute Gasteiger partial charge is 0.180 e. The number of hydrogen-bond donors (Lipinski definition) is 0. The predicted octanol–water partition coefficient (Wildman–Crippen LogP) is 13.9. The molecule has 0 N–H and O–H groups in total. The maximum atomic E-state index is 6.83. The van der Waals surface area contributed by atoms with Crippen LogP contribution in [-0.2, 0) is 0 Å². The minimum atomic E-state index is 0.514. The number of hydrogen-bond acceptors (Lipinski definition) is 7. The molecule has 13 rings (SSSR count). The van der Waals surface area contributed by atoms with E-state index >= 15 is 0 Å². The van der Waals surface area contributed by atoms with Crippen LogP contribution in [0, 0.1) is 0 Å². The summed E-state index contributed by atoms with van der Waals surface area (Å²) in [6, 6.07) is 65.9. The molecule has 294 valence electrons. The molecule has 63 heavy (non-hydrogen) atoms. The van der Waals surface area contributed by atoms with Crippen molar-refractivity contribution in [3.05, 3.63) is 194 Å². The Morgan fingerprint density at radius 1 is 0.333 bits per heavy atom. The van der Waals surface area contributed by atoms with Gasteiger partial charge in [-0.15, -0.1) is 0 Å². The van der Waals surface area contributed by atoms with Crippen molar-refractivity contribution >= 4 is 65.8 Å². The van der Waals surface area contributed by atoms with Gasteiger partial charge < -0.3 is 13.4 Å². The molecule has 5 aromatic heterocycles. The molecule has 0 atom stereocenters. The number of para-hydroxylation sites is 4. The van der Waals surface area contributed by atoms with E-state index in [0.717, 1.165) is 82.9 Å². The van der Waals surface area contributed by atoms with E-state index in [0.29, 0.717) is 40.0 Å². The first-order valence-electron chi connectivity index (χ1n) is 20.8. The van der Waals surface area contributed by atoms with Gasteiger partial charge >= 0.3 is 0 Å². The highest BCUT2D eigenvalue weighted by Crippen LogP contribution is 2.40. The third-order valence-electron chi connectivity index (χ3n) is 11.9. The number of benzene rings is 8. The van der Waals surface area contributed by atoms with Crippen LogP contribution in [0.3, 0.4) is 0 Å². The Balaban J connectivity index is 0.982. The van der Waals surface area contributed by atoms with Gasteiger partial charge in [0, 0.05) is 54.9 Å². The van der Waals surface area contributed by atoms with Crippen molar-refractivity contribution in [3.8, 4) is 62.5 Å². The summed E-state index contributed by atoms with van der Waals surface area (Å²) in [7, 11) is 0. The molecule has 0 bridgehead atoms. The van der Waals surface area contributed by atoms with E-state index in [9.17, 15) is 0 Å². The Hall–Kier alpha value is -8.75. The lowest BCUT2D eigenvalue weighted by Crippen LogP contribution is -2.00. The van der Waals surface area contributed by atoms with Gasteiger partial charge in [-0.25, -0.2) is 24.9 Å². The molecule has 0 saturated carbocycles. The number of rotatable bonds is 6. The van der Waals surface area contributed by atoms with Crippen molar-refractivity contribution < 1.29 is 8.83 Å². The van der Waals surface area contributed by atoms with E-state index in [1.54, 1.807) is 0 Å². The van der Waals surface area contributed by atoms with Gasteiger partial charge in [-0.1, -0.05) is 140 Å². The van der Waals surface area contributed by atoms with Crippen molar-refractivity contribution in [2.75, 3.05) is 0 Å². The van der Waals surface area contributed by atoms with Crippen LogP contribution in [0.1, 0.15) is 0 Å². The maximum Gasteiger partial charge on any atom is 0.180 e. The Kier molecular flexibility index (Phi) is 7.74. The predicted molar refractivity (Wildman–Crippen MR) is 251 cm³/mol. The Bertz CT molecular complexity index is 3910. The van der Waals surface area contributed by atoms with Gasteiger partial charge in [0.05, 0.1) is 16.6 Å². The second kappa shape index (κ2) is 13.9. The molecule has 8 aromatic carbocycles. The molecule has 0 aliphatic heterocycles. The zero-order valence-electron chi connectivity index (χ0n) is 33.5. The summed E-state index contributed by atoms with van der Waals surface area (Å²) in [6.45, 7) is 0. The van der Waals surface area contributed by atoms with E-state index in [4.69, 9.17) is 33.8 Å². The normalized spacial score (nSPS) is 11.8. The molecule has 0 fully saturated rings. The summed E-state index contributed by atoms with van der Waals surface area (Å²) >= 11 is 0. The van der Waals surface area contributed by atoms with E-state index in [1.165, 1.54) is 5.39 Å². The average Bonchev–Trinajstić information content (AvgIpc) is 4.03. The van der Waals surface area contributed by atoms with Gasteiger partial charge in [-0.3, -0.25) is 0 Å². The Morgan fingerprint density at radius 2 is 0.921 bits per heavy atom. The minimum Gasteiger partial charge on any atom is -0.455 e. The largest absolute Gasteiger partial charge is 0.455 e. The van der Waals surface area contributed by atoms with E-state index in [-0.39, 0.29) is 0 Å². The van der Waals surface area contributed by atoms with Gasteiger partial charge in [0.15, 0.2) is 28.9 Å². The summed E-state index contributed by atoms with van der Waals surface area (Å²) in [5, 5.41) is 5.19. The molecule has 0 amide bonds. The van der Waals surface area contributed by atoms with Gasteiger partial charge in [0.2, 0.25) is 0 Å². The lowest BCUT2D eigenvalue weighted by Gasteiger charge is -2.10. The Labute approximate surface area is 359 Å². The third-order valence-corrected chi connectivity index (χ3v) is 11.9. The van der Waals surface area contributed by atoms with Crippen molar-refractivity contribution in [2.45, 2.75) is 0 Å². The van der Waals surface area contributed by atoms with Gasteiger partial charge in [-0.2, -0.15) is 0 Å². The second-order valence-corrected chi connectivity index (χ2v) is 15.6. The van der Waals surface area contributed by atoms with Crippen LogP contribution < -0.4 is 0 Å². The van der Waals surface area contributed by atoms with Gasteiger partial charge in [0.25, 0.3) is 0 Å². The summed E-state index contributed by atoms with van der Waals surface area (Å²) in [5.41, 5.74) is 11.9. The van der Waals surface area contributed by atoms with Crippen LogP contribution in [0.25, 0.3) is 128 Å². The summed E-state index contributed by atoms with van der Waals surface area (Å²) in [5.74, 6) is 2.23. The standard InChI is InChI=1S/C55H32N6O2/c1-4-15-33(16-5-1)48-51-49(42-22-11-13-26-46(42)62-51)57-53(56-48)36-28-30-40-41-23-14-24-43(50(41)63-47(40)32-36)55-59-52(34-17-6-2-7-18-34)58-54(60-55)35-27-29-39-38-21-10-12-25-44(38)61(45(39)31-35)37-19-8-3-9-20-37/h1-32H. The fraction of sp³-hybridized carbons (Fsp3) is 0. The van der Waals surface area contributed by atoms with Crippen molar-refractivity contribution in [2.24, 2.45) is 0 Å². The van der Waals surface area contributed by atoms with E-state index < -0.39 is 0 Å². The quantitative estimate of drug-likeness (QED) is 0.165. The van der Waals surface area contributed by atoms with E-state index in [2.05, 4.69) is 89.5 Å². The molecule has 13 aromatic rings. The second-order valence-electron chi connectivity index (χ2n) is 15.6. The van der Waals surface area contributed by atoms with Gasteiger partial charge in [0.1, 0.15) is 28.0 Å². The molecule has 0 aliphatic carbocycles. The molecule has 0 radical (unpaired) electrons. The highest BCUT2D eigenvalue weighted by atomic mass is 16.3. The van der Waals surface area contributed by atoms with Crippen LogP contribution in [0.2, 0.25) is 0 Å². The molecular weight excluding hydrogens is 777 g/mol. The van der Waals surface area contributed by atoms with Crippen LogP contribution in [0.4, 0.5) is 0 Å². The lowest BCUT2D eigenvalue weighted by atomic mass is 10.1. The van der Waals surface area contributed by atoms with Crippen LogP contribution in [0.5, 0.6) is 0 Å². The van der Waals surface area contributed by atoms with Crippen molar-refractivity contribution in [3.63, 3.8) is 0 Å². The molecule has 0 saturated heterocycles. The van der Waals surface area contributed by atoms with E-state index in [1.807, 2.05) is 109 Å². The molecule has 0 spiro atoms. The summed E-state index contributed by atoms with van der Waals surface area (Å²) < 4.78 is 15.5. The molecule has 8 heteroatoms. The third kappa shape index (κ3) is 5.66. The average molecular weight is 809 g/mol. The molecule has 0 aliphatic rings. The van der Waals surface area contributed by atoms with Crippen molar-refractivity contribution in [1.82, 2.24) is 29.5 Å². The zero-order valence-corrected chi connectivity index (χ0v) is 33.5. The number of nitrogens with zero attached hydrogens (tertiary/aromatic N) is 6. The number of furan rings is 2. The Morgan fingerprint density at radius 3 is 1.73 bits per heavy atom. The van der Waals surface area contributed by atoms with Crippen LogP contribution in [0.15, 0.2) is 203 Å². The van der Waals surface area contributed by atoms with Crippen molar-refractivity contribution in [1.29, 1.82) is 0 Å². The molecule has 0 unspecified atom stereocenters. The van der Waals surface area contributed by atoms with Crippen LogP contribution >= 0.6 is 0 Å². The fourth-order valence-electron chi connectivity index (χ4n) is 8.93. The highest BCUT2D eigenvalue weighted by molar-refractivity contribution is 6.12. The first-order valence-corrected chi connectivity index (χ1v) is 20.8. The fourth-order valence-corrected chi connectivity index (χ4v) is 8.93. The molecule has 8 nitrogen and oxygen atoms in total. The zero-order chi connectivity index (χ0) is 41.4. The highest BCUT2D eigenvalue weighted by Gasteiger charge is 2.22. The topological polar surface area (TPSA) is 95.7 Å². The number of aromatic nitrogens is 6. The first-order chi connectivity index (χ1) is 31.2. The maximum absolute atomic E-state index is 6.83. The summed E-state index contributed by atoms with van der Waals surface area (Å²) in [6.07, 6.45) is 0. The monoisotopic (exact) mass is 808 g/mol. The van der Waals surface area contributed by atoms with Gasteiger partial charge in [-0.05, 0) is 54.6 Å².